The molecule has 2 aromatic carbocycles. The highest BCUT2D eigenvalue weighted by atomic mass is 35.5. The quantitative estimate of drug-likeness (QED) is 0.565. The number of urea groups is 1. The molecule has 35 heavy (non-hydrogen) atoms. The Kier molecular flexibility index (Phi) is 8.38. The van der Waals surface area contributed by atoms with Crippen molar-refractivity contribution < 1.29 is 13.4 Å². The Morgan fingerprint density at radius 1 is 1.06 bits per heavy atom. The molecule has 2 aliphatic heterocycles. The summed E-state index contributed by atoms with van der Waals surface area (Å²) >= 11 is 12.5. The second-order valence-corrected chi connectivity index (χ2v) is 11.6. The van der Waals surface area contributed by atoms with Crippen molar-refractivity contribution in [1.82, 2.24) is 19.0 Å². The largest absolute Gasteiger partial charge is 0.322 e. The van der Waals surface area contributed by atoms with Gasteiger partial charge in [0.15, 0.2) is 0 Å². The van der Waals surface area contributed by atoms with Crippen LogP contribution in [-0.2, 0) is 17.5 Å². The molecule has 0 spiro atoms. The van der Waals surface area contributed by atoms with Crippen LogP contribution in [0.15, 0.2) is 36.4 Å². The summed E-state index contributed by atoms with van der Waals surface area (Å²) in [5.41, 5.74) is 2.67. The van der Waals surface area contributed by atoms with Crippen molar-refractivity contribution >= 4 is 40.2 Å². The van der Waals surface area contributed by atoms with Gasteiger partial charge in [-0.3, -0.25) is 4.90 Å². The van der Waals surface area contributed by atoms with Crippen LogP contribution < -0.4 is 0 Å². The third-order valence-corrected chi connectivity index (χ3v) is 8.86. The fourth-order valence-electron chi connectivity index (χ4n) is 5.01. The number of carbonyl (C=O) groups excluding carboxylic acids is 1. The van der Waals surface area contributed by atoms with Gasteiger partial charge in [-0.25, -0.2) is 17.7 Å². The van der Waals surface area contributed by atoms with E-state index in [0.29, 0.717) is 61.4 Å². The highest BCUT2D eigenvalue weighted by Crippen LogP contribution is 2.35. The monoisotopic (exact) mass is 540 g/mol. The van der Waals surface area contributed by atoms with Crippen molar-refractivity contribution in [2.24, 2.45) is 0 Å². The number of carbonyl (C=O) groups is 1. The summed E-state index contributed by atoms with van der Waals surface area (Å²) in [5.74, 6) is -0.167. The summed E-state index contributed by atoms with van der Waals surface area (Å²) in [4.78, 5) is 19.4. The average molecular weight is 542 g/mol. The molecule has 0 aromatic heterocycles. The van der Waals surface area contributed by atoms with Crippen LogP contribution in [0.1, 0.15) is 22.6 Å². The van der Waals surface area contributed by atoms with E-state index in [-0.39, 0.29) is 23.8 Å². The van der Waals surface area contributed by atoms with Gasteiger partial charge in [-0.1, -0.05) is 41.4 Å². The number of likely N-dealkylation sites (tertiary alicyclic amines) is 1. The molecule has 2 amide bonds. The molecule has 2 heterocycles. The summed E-state index contributed by atoms with van der Waals surface area (Å²) in [6.07, 6.45) is 1.67. The van der Waals surface area contributed by atoms with Gasteiger partial charge in [0.1, 0.15) is 5.82 Å². The Hall–Kier alpha value is -1.71. The Balaban J connectivity index is 1.53. The van der Waals surface area contributed by atoms with Crippen molar-refractivity contribution in [2.45, 2.75) is 25.4 Å². The molecule has 0 N–H and O–H groups in total. The predicted octanol–water partition coefficient (Wildman–Crippen LogP) is 4.37. The fraction of sp³-hybridized carbons (Fsp3) is 0.480. The summed E-state index contributed by atoms with van der Waals surface area (Å²) in [6, 6.07) is 10.9. The molecule has 3 atom stereocenters. The maximum absolute atomic E-state index is 13.8. The number of aryl methyl sites for hydroxylation is 1. The number of benzene rings is 2. The fourth-order valence-corrected chi connectivity index (χ4v) is 5.99. The minimum Gasteiger partial charge on any atom is -0.322 e. The summed E-state index contributed by atoms with van der Waals surface area (Å²) in [5, 5.41) is 0.993. The number of hydrogen-bond donors (Lipinski definition) is 0. The third kappa shape index (κ3) is 6.00. The van der Waals surface area contributed by atoms with Crippen LogP contribution in [0, 0.1) is 12.7 Å². The first-order valence-electron chi connectivity index (χ1n) is 11.7. The van der Waals surface area contributed by atoms with Crippen molar-refractivity contribution in [2.75, 3.05) is 52.6 Å². The molecule has 0 aliphatic carbocycles. The predicted molar refractivity (Wildman–Crippen MR) is 140 cm³/mol. The second kappa shape index (κ2) is 11.1. The van der Waals surface area contributed by atoms with E-state index in [1.54, 1.807) is 19.2 Å². The van der Waals surface area contributed by atoms with Crippen LogP contribution in [0.2, 0.25) is 10.0 Å². The molecular weight excluding hydrogens is 510 g/mol. The molecule has 2 fully saturated rings. The molecule has 2 aliphatic rings. The number of piperazine rings is 1. The standard InChI is InChI=1S/C25H31Cl2FN4O2S/c1-17-12-18(4-7-23(17)28)14-29(2)24-16-31(15-20(24)19-5-6-21(26)22(27)13-19)25(33)30-8-10-32(11-9-30)35(3)34/h4-7,12-13,20,24H,8-11,14-16H2,1-3H3/t20-,24?,35?/m1/s1. The van der Waals surface area contributed by atoms with E-state index in [0.717, 1.165) is 11.1 Å². The van der Waals surface area contributed by atoms with Crippen LogP contribution in [0.3, 0.4) is 0 Å². The van der Waals surface area contributed by atoms with Gasteiger partial charge < -0.3 is 9.80 Å². The van der Waals surface area contributed by atoms with Crippen molar-refractivity contribution in [3.63, 3.8) is 0 Å². The minimum atomic E-state index is -1.02. The Labute approximate surface area is 219 Å². The van der Waals surface area contributed by atoms with E-state index >= 15 is 0 Å². The number of hydrogen-bond acceptors (Lipinski definition) is 3. The lowest BCUT2D eigenvalue weighted by Gasteiger charge is -2.35. The third-order valence-electron chi connectivity index (χ3n) is 7.02. The molecule has 10 heteroatoms. The number of likely N-dealkylation sites (N-methyl/N-ethyl adjacent to an activating group) is 1. The summed E-state index contributed by atoms with van der Waals surface area (Å²) in [6.45, 7) is 5.85. The molecule has 0 radical (unpaired) electrons. The van der Waals surface area contributed by atoms with Crippen LogP contribution in [0.4, 0.5) is 9.18 Å². The van der Waals surface area contributed by atoms with E-state index in [1.807, 2.05) is 45.4 Å². The van der Waals surface area contributed by atoms with E-state index in [4.69, 9.17) is 23.2 Å². The Morgan fingerprint density at radius 3 is 2.40 bits per heavy atom. The van der Waals surface area contributed by atoms with Crippen LogP contribution in [0.5, 0.6) is 0 Å². The van der Waals surface area contributed by atoms with Crippen LogP contribution in [0.25, 0.3) is 0 Å². The molecule has 0 bridgehead atoms. The normalized spacial score (nSPS) is 22.1. The van der Waals surface area contributed by atoms with Crippen molar-refractivity contribution in [3.05, 3.63) is 69.0 Å². The zero-order valence-corrected chi connectivity index (χ0v) is 22.5. The smallest absolute Gasteiger partial charge is 0.320 e. The Morgan fingerprint density at radius 2 is 1.77 bits per heavy atom. The summed E-state index contributed by atoms with van der Waals surface area (Å²) < 4.78 is 27.4. The van der Waals surface area contributed by atoms with Crippen LogP contribution in [-0.4, -0.2) is 87.9 Å². The lowest BCUT2D eigenvalue weighted by molar-refractivity contribution is 0.139. The first-order chi connectivity index (χ1) is 16.6. The average Bonchev–Trinajstić information content (AvgIpc) is 3.28. The molecule has 190 valence electrons. The Bertz CT molecular complexity index is 1110. The van der Waals surface area contributed by atoms with Gasteiger partial charge in [0, 0.05) is 64.0 Å². The van der Waals surface area contributed by atoms with Crippen LogP contribution >= 0.6 is 23.2 Å². The summed E-state index contributed by atoms with van der Waals surface area (Å²) in [7, 11) is 1.02. The number of rotatable bonds is 5. The van der Waals surface area contributed by atoms with E-state index < -0.39 is 11.0 Å². The zero-order valence-electron chi connectivity index (χ0n) is 20.2. The number of amides is 2. The van der Waals surface area contributed by atoms with E-state index in [1.165, 1.54) is 6.07 Å². The first-order valence-corrected chi connectivity index (χ1v) is 13.9. The molecule has 0 saturated carbocycles. The molecule has 2 aromatic rings. The lowest BCUT2D eigenvalue weighted by Crippen LogP contribution is -2.52. The van der Waals surface area contributed by atoms with Gasteiger partial charge in [0.05, 0.1) is 21.0 Å². The van der Waals surface area contributed by atoms with Gasteiger partial charge in [-0.2, -0.15) is 0 Å². The SMILES string of the molecule is Cc1cc(CN(C)C2CN(C(=O)N3CCN(S(C)=O)CC3)C[C@@H]2c2ccc(Cl)c(Cl)c2)ccc1F. The second-order valence-electron chi connectivity index (χ2n) is 9.37. The van der Waals surface area contributed by atoms with Gasteiger partial charge in [-0.05, 0) is 48.9 Å². The topological polar surface area (TPSA) is 47.1 Å². The number of nitrogens with zero attached hydrogens (tertiary/aromatic N) is 4. The molecule has 2 unspecified atom stereocenters. The molecule has 2 saturated heterocycles. The van der Waals surface area contributed by atoms with Gasteiger partial charge in [0.25, 0.3) is 0 Å². The molecular formula is C25H31Cl2FN4O2S. The highest BCUT2D eigenvalue weighted by Gasteiger charge is 2.40. The molecule has 4 rings (SSSR count). The van der Waals surface area contributed by atoms with Gasteiger partial charge >= 0.3 is 6.03 Å². The van der Waals surface area contributed by atoms with Gasteiger partial charge in [0.2, 0.25) is 0 Å². The number of halogens is 3. The van der Waals surface area contributed by atoms with Crippen molar-refractivity contribution in [3.8, 4) is 0 Å². The lowest BCUT2D eigenvalue weighted by atomic mass is 9.93. The minimum absolute atomic E-state index is 0.00474. The van der Waals surface area contributed by atoms with E-state index in [9.17, 15) is 13.4 Å². The molecule has 6 nitrogen and oxygen atoms in total. The maximum atomic E-state index is 13.8. The first kappa shape index (κ1) is 26.4. The van der Waals surface area contributed by atoms with E-state index in [2.05, 4.69) is 4.90 Å². The zero-order chi connectivity index (χ0) is 25.3. The highest BCUT2D eigenvalue weighted by molar-refractivity contribution is 7.81. The van der Waals surface area contributed by atoms with Gasteiger partial charge in [-0.15, -0.1) is 0 Å². The maximum Gasteiger partial charge on any atom is 0.320 e. The van der Waals surface area contributed by atoms with Crippen molar-refractivity contribution in [1.29, 1.82) is 0 Å².